The summed E-state index contributed by atoms with van der Waals surface area (Å²) in [6.45, 7) is 9.67. The van der Waals surface area contributed by atoms with Crippen molar-refractivity contribution in [1.82, 2.24) is 4.57 Å². The molecule has 0 aliphatic carbocycles. The van der Waals surface area contributed by atoms with Gasteiger partial charge in [0.1, 0.15) is 0 Å². The molecule has 0 aromatic carbocycles. The molecule has 0 atom stereocenters. The van der Waals surface area contributed by atoms with Crippen molar-refractivity contribution in [3.05, 3.63) is 17.2 Å². The largest absolute Gasteiger partial charge is 0.475 e. The summed E-state index contributed by atoms with van der Waals surface area (Å²) in [6.07, 6.45) is 1.62. The van der Waals surface area contributed by atoms with Crippen molar-refractivity contribution in [1.29, 1.82) is 0 Å². The van der Waals surface area contributed by atoms with Crippen LogP contribution < -0.4 is 4.57 Å². The fourth-order valence-electron chi connectivity index (χ4n) is 2.41. The topological polar surface area (TPSA) is 46.1 Å². The molecule has 1 aromatic rings. The van der Waals surface area contributed by atoms with Gasteiger partial charge in [0.25, 0.3) is 11.5 Å². The van der Waals surface area contributed by atoms with Crippen LogP contribution in [0.4, 0.5) is 0 Å². The van der Waals surface area contributed by atoms with Crippen LogP contribution in [-0.4, -0.2) is 15.6 Å². The summed E-state index contributed by atoms with van der Waals surface area (Å²) in [5, 5.41) is 9.30. The van der Waals surface area contributed by atoms with Gasteiger partial charge >= 0.3 is 5.97 Å². The van der Waals surface area contributed by atoms with Crippen molar-refractivity contribution in [2.24, 2.45) is 0 Å². The lowest BCUT2D eigenvalue weighted by Gasteiger charge is -1.99. The second-order valence-electron chi connectivity index (χ2n) is 3.71. The summed E-state index contributed by atoms with van der Waals surface area (Å²) < 4.78 is 4.05. The Labute approximate surface area is 96.5 Å². The van der Waals surface area contributed by atoms with E-state index in [0.717, 1.165) is 30.9 Å². The number of aromatic nitrogens is 2. The highest BCUT2D eigenvalue weighted by Crippen LogP contribution is 2.12. The normalized spacial score (nSPS) is 10.8. The highest BCUT2D eigenvalue weighted by molar-refractivity contribution is 5.85. The molecule has 0 saturated carbocycles. The van der Waals surface area contributed by atoms with Gasteiger partial charge in [-0.2, -0.15) is 0 Å². The summed E-state index contributed by atoms with van der Waals surface area (Å²) in [5.41, 5.74) is 1.40. The molecule has 0 aliphatic rings. The van der Waals surface area contributed by atoms with E-state index in [9.17, 15) is 9.90 Å². The Kier molecular flexibility index (Phi) is 4.10. The standard InChI is InChI=1S/C12H20N2O2/c1-5-9-11(12(15)16)14(8-4)10(6-2)13(9)7-3/h5-8H2,1-4H3/p+1. The van der Waals surface area contributed by atoms with Crippen molar-refractivity contribution in [3.63, 3.8) is 0 Å². The molecule has 1 rings (SSSR count). The van der Waals surface area contributed by atoms with E-state index in [2.05, 4.69) is 18.4 Å². The van der Waals surface area contributed by atoms with Gasteiger partial charge in [-0.25, -0.2) is 13.9 Å². The molecule has 0 saturated heterocycles. The number of hydrogen-bond donors (Lipinski definition) is 1. The van der Waals surface area contributed by atoms with Crippen LogP contribution in [0, 0.1) is 0 Å². The average molecular weight is 225 g/mol. The highest BCUT2D eigenvalue weighted by atomic mass is 16.4. The number of carboxylic acid groups (broad SMARTS) is 1. The van der Waals surface area contributed by atoms with Crippen LogP contribution in [0.25, 0.3) is 0 Å². The van der Waals surface area contributed by atoms with Crippen LogP contribution >= 0.6 is 0 Å². The van der Waals surface area contributed by atoms with Crippen LogP contribution in [0.5, 0.6) is 0 Å². The highest BCUT2D eigenvalue weighted by Gasteiger charge is 2.31. The Balaban J connectivity index is 3.56. The predicted molar refractivity (Wildman–Crippen MR) is 61.7 cm³/mol. The molecule has 1 aromatic heterocycles. The lowest BCUT2D eigenvalue weighted by atomic mass is 10.2. The molecule has 0 unspecified atom stereocenters. The van der Waals surface area contributed by atoms with Gasteiger partial charge in [-0.15, -0.1) is 0 Å². The monoisotopic (exact) mass is 225 g/mol. The lowest BCUT2D eigenvalue weighted by Crippen LogP contribution is -2.41. The van der Waals surface area contributed by atoms with Gasteiger partial charge in [0, 0.05) is 12.8 Å². The minimum Gasteiger partial charge on any atom is -0.475 e. The molecule has 0 amide bonds. The van der Waals surface area contributed by atoms with Crippen molar-refractivity contribution < 1.29 is 14.5 Å². The van der Waals surface area contributed by atoms with Gasteiger partial charge in [0.05, 0.1) is 13.1 Å². The third-order valence-electron chi connectivity index (χ3n) is 2.98. The van der Waals surface area contributed by atoms with Gasteiger partial charge < -0.3 is 5.11 Å². The molecule has 0 fully saturated rings. The van der Waals surface area contributed by atoms with Gasteiger partial charge in [-0.3, -0.25) is 0 Å². The van der Waals surface area contributed by atoms with Crippen LogP contribution in [0.15, 0.2) is 0 Å². The van der Waals surface area contributed by atoms with Crippen molar-refractivity contribution in [3.8, 4) is 0 Å². The quantitative estimate of drug-likeness (QED) is 0.774. The van der Waals surface area contributed by atoms with Gasteiger partial charge in [-0.1, -0.05) is 13.8 Å². The molecule has 4 heteroatoms. The Hall–Kier alpha value is -1.32. The number of carbonyl (C=O) groups is 1. The summed E-state index contributed by atoms with van der Waals surface area (Å²) in [7, 11) is 0. The first-order valence-electron chi connectivity index (χ1n) is 5.99. The second kappa shape index (κ2) is 5.14. The molecule has 0 spiro atoms. The predicted octanol–water partition coefficient (Wildman–Crippen LogP) is 1.64. The van der Waals surface area contributed by atoms with E-state index in [-0.39, 0.29) is 0 Å². The van der Waals surface area contributed by atoms with Crippen molar-refractivity contribution in [2.45, 2.75) is 53.6 Å². The second-order valence-corrected chi connectivity index (χ2v) is 3.71. The Morgan fingerprint density at radius 3 is 2.19 bits per heavy atom. The van der Waals surface area contributed by atoms with Crippen molar-refractivity contribution in [2.75, 3.05) is 0 Å². The van der Waals surface area contributed by atoms with Crippen LogP contribution in [0.2, 0.25) is 0 Å². The first kappa shape index (κ1) is 12.7. The maximum atomic E-state index is 11.3. The molecule has 1 heterocycles. The molecule has 90 valence electrons. The first-order valence-corrected chi connectivity index (χ1v) is 5.99. The zero-order valence-electron chi connectivity index (χ0n) is 10.6. The summed E-state index contributed by atoms with van der Waals surface area (Å²) in [6, 6.07) is 0. The minimum absolute atomic E-state index is 0.462. The summed E-state index contributed by atoms with van der Waals surface area (Å²) in [4.78, 5) is 11.3. The van der Waals surface area contributed by atoms with E-state index in [1.54, 1.807) is 0 Å². The SMILES string of the molecule is CCc1c(C(=O)O)[n+](CC)c(CC)n1CC. The molecule has 4 nitrogen and oxygen atoms in total. The van der Waals surface area contributed by atoms with Crippen LogP contribution in [0.3, 0.4) is 0 Å². The third kappa shape index (κ3) is 1.84. The van der Waals surface area contributed by atoms with E-state index in [1.807, 2.05) is 18.4 Å². The smallest absolute Gasteiger partial charge is 0.380 e. The van der Waals surface area contributed by atoms with Crippen LogP contribution in [0.1, 0.15) is 49.7 Å². The Morgan fingerprint density at radius 2 is 1.88 bits per heavy atom. The van der Waals surface area contributed by atoms with Gasteiger partial charge in [0.2, 0.25) is 0 Å². The fraction of sp³-hybridized carbons (Fsp3) is 0.667. The van der Waals surface area contributed by atoms with E-state index in [4.69, 9.17) is 0 Å². The number of aromatic carboxylic acids is 1. The Morgan fingerprint density at radius 1 is 1.25 bits per heavy atom. The maximum absolute atomic E-state index is 11.3. The molecular formula is C12H21N2O2+. The fourth-order valence-corrected chi connectivity index (χ4v) is 2.41. The Bertz CT molecular complexity index is 365. The lowest BCUT2D eigenvalue weighted by molar-refractivity contribution is -0.702. The van der Waals surface area contributed by atoms with E-state index < -0.39 is 5.97 Å². The zero-order valence-corrected chi connectivity index (χ0v) is 10.6. The van der Waals surface area contributed by atoms with E-state index >= 15 is 0 Å². The third-order valence-corrected chi connectivity index (χ3v) is 2.98. The maximum Gasteiger partial charge on any atom is 0.380 e. The number of hydrogen-bond acceptors (Lipinski definition) is 1. The molecule has 16 heavy (non-hydrogen) atoms. The van der Waals surface area contributed by atoms with Gasteiger partial charge in [-0.05, 0) is 13.8 Å². The first-order chi connectivity index (χ1) is 7.62. The molecular weight excluding hydrogens is 204 g/mol. The van der Waals surface area contributed by atoms with Crippen LogP contribution in [-0.2, 0) is 25.9 Å². The number of nitrogens with zero attached hydrogens (tertiary/aromatic N) is 2. The zero-order chi connectivity index (χ0) is 12.3. The average Bonchev–Trinajstić information content (AvgIpc) is 2.60. The summed E-state index contributed by atoms with van der Waals surface area (Å²) >= 11 is 0. The molecule has 0 bridgehead atoms. The molecule has 0 aliphatic heterocycles. The summed E-state index contributed by atoms with van der Waals surface area (Å²) in [5.74, 6) is 0.292. The molecule has 0 radical (unpaired) electrons. The van der Waals surface area contributed by atoms with Gasteiger partial charge in [0.15, 0.2) is 5.69 Å². The number of carboxylic acids is 1. The number of rotatable bonds is 5. The van der Waals surface area contributed by atoms with E-state index in [1.165, 1.54) is 0 Å². The number of imidazole rings is 1. The minimum atomic E-state index is -0.819. The molecule has 1 N–H and O–H groups in total. The van der Waals surface area contributed by atoms with Crippen molar-refractivity contribution >= 4 is 5.97 Å². The van der Waals surface area contributed by atoms with E-state index in [0.29, 0.717) is 12.2 Å².